The Balaban J connectivity index is 1.25. The normalized spacial score (nSPS) is 17.3. The van der Waals surface area contributed by atoms with Crippen LogP contribution in [0.5, 0.6) is 11.5 Å². The van der Waals surface area contributed by atoms with Crippen LogP contribution in [0.4, 0.5) is 16.2 Å². The van der Waals surface area contributed by atoms with Crippen LogP contribution in [0.15, 0.2) is 48.5 Å². The molecule has 3 aromatic rings. The van der Waals surface area contributed by atoms with Gasteiger partial charge in [0.15, 0.2) is 11.5 Å². The average molecular weight is 434 g/mol. The van der Waals surface area contributed by atoms with Crippen molar-refractivity contribution in [2.45, 2.75) is 32.7 Å². The predicted octanol–water partition coefficient (Wildman–Crippen LogP) is 4.33. The van der Waals surface area contributed by atoms with Gasteiger partial charge in [0.25, 0.3) is 0 Å². The largest absolute Gasteiger partial charge is 0.454 e. The zero-order chi connectivity index (χ0) is 22.1. The van der Waals surface area contributed by atoms with E-state index in [2.05, 4.69) is 15.7 Å². The number of hydrogen-bond donors (Lipinski definition) is 2. The first kappa shape index (κ1) is 20.2. The fourth-order valence-corrected chi connectivity index (χ4v) is 4.33. The number of ether oxygens (including phenoxy) is 2. The minimum Gasteiger partial charge on any atom is -0.454 e. The maximum absolute atomic E-state index is 13.1. The average Bonchev–Trinajstić information content (AvgIpc) is 3.39. The molecule has 1 fully saturated rings. The van der Waals surface area contributed by atoms with Gasteiger partial charge in [-0.05, 0) is 51.0 Å². The second-order valence-electron chi connectivity index (χ2n) is 8.22. The van der Waals surface area contributed by atoms with Gasteiger partial charge in [0.1, 0.15) is 0 Å². The Morgan fingerprint density at radius 1 is 1.09 bits per heavy atom. The molecule has 2 N–H and O–H groups in total. The van der Waals surface area contributed by atoms with E-state index in [0.29, 0.717) is 6.54 Å². The lowest BCUT2D eigenvalue weighted by Gasteiger charge is -2.33. The zero-order valence-corrected chi connectivity index (χ0v) is 18.3. The molecule has 8 heteroatoms. The predicted molar refractivity (Wildman–Crippen MR) is 123 cm³/mol. The maximum atomic E-state index is 13.1. The fourth-order valence-electron chi connectivity index (χ4n) is 4.33. The van der Waals surface area contributed by atoms with Crippen LogP contribution < -0.4 is 20.1 Å². The van der Waals surface area contributed by atoms with Crippen molar-refractivity contribution in [2.24, 2.45) is 0 Å². The summed E-state index contributed by atoms with van der Waals surface area (Å²) in [6.07, 6.45) is 1.94. The third kappa shape index (κ3) is 3.95. The summed E-state index contributed by atoms with van der Waals surface area (Å²) in [6, 6.07) is 15.9. The summed E-state index contributed by atoms with van der Waals surface area (Å²) in [4.78, 5) is 15.0. The lowest BCUT2D eigenvalue weighted by atomic mass is 10.1. The van der Waals surface area contributed by atoms with Gasteiger partial charge in [-0.15, -0.1) is 0 Å². The van der Waals surface area contributed by atoms with Crippen molar-refractivity contribution >= 4 is 17.4 Å². The molecule has 0 saturated carbocycles. The lowest BCUT2D eigenvalue weighted by Crippen LogP contribution is -2.46. The van der Waals surface area contributed by atoms with E-state index < -0.39 is 0 Å². The van der Waals surface area contributed by atoms with Crippen molar-refractivity contribution in [3.8, 4) is 17.2 Å². The number of amides is 2. The third-order valence-electron chi connectivity index (χ3n) is 5.98. The molecule has 0 spiro atoms. The maximum Gasteiger partial charge on any atom is 0.322 e. The number of piperidine rings is 1. The minimum atomic E-state index is -0.0963. The highest BCUT2D eigenvalue weighted by Crippen LogP contribution is 2.34. The highest BCUT2D eigenvalue weighted by atomic mass is 16.7. The molecule has 1 aromatic heterocycles. The van der Waals surface area contributed by atoms with Crippen molar-refractivity contribution in [3.05, 3.63) is 59.9 Å². The van der Waals surface area contributed by atoms with Gasteiger partial charge in [-0.25, -0.2) is 9.48 Å². The first-order valence-corrected chi connectivity index (χ1v) is 10.9. The summed E-state index contributed by atoms with van der Waals surface area (Å²) in [5.41, 5.74) is 4.42. The fraction of sp³-hybridized carbons (Fsp3) is 0.333. The number of aromatic nitrogens is 2. The number of benzene rings is 2. The summed E-state index contributed by atoms with van der Waals surface area (Å²) in [7, 11) is 0. The van der Waals surface area contributed by atoms with E-state index in [-0.39, 0.29) is 18.9 Å². The Bertz CT molecular complexity index is 1130. The Morgan fingerprint density at radius 3 is 2.75 bits per heavy atom. The molecule has 2 aliphatic heterocycles. The Labute approximate surface area is 187 Å². The first-order chi connectivity index (χ1) is 15.6. The van der Waals surface area contributed by atoms with E-state index in [1.807, 2.05) is 72.0 Å². The van der Waals surface area contributed by atoms with E-state index in [4.69, 9.17) is 9.47 Å². The zero-order valence-electron chi connectivity index (χ0n) is 18.3. The van der Waals surface area contributed by atoms with Gasteiger partial charge in [-0.1, -0.05) is 18.2 Å². The van der Waals surface area contributed by atoms with Gasteiger partial charge >= 0.3 is 6.03 Å². The van der Waals surface area contributed by atoms with Crippen molar-refractivity contribution in [1.82, 2.24) is 14.7 Å². The third-order valence-corrected chi connectivity index (χ3v) is 5.98. The number of carbonyl (C=O) groups is 1. The summed E-state index contributed by atoms with van der Waals surface area (Å²) in [5.74, 6) is 1.52. The molecule has 8 nitrogen and oxygen atoms in total. The van der Waals surface area contributed by atoms with Gasteiger partial charge in [0.05, 0.1) is 22.8 Å². The molecule has 32 heavy (non-hydrogen) atoms. The molecular formula is C24H27N5O3. The summed E-state index contributed by atoms with van der Waals surface area (Å²) in [6.45, 7) is 5.52. The first-order valence-electron chi connectivity index (χ1n) is 10.9. The molecule has 2 aromatic carbocycles. The molecule has 0 radical (unpaired) electrons. The van der Waals surface area contributed by atoms with Crippen molar-refractivity contribution in [2.75, 3.05) is 30.5 Å². The van der Waals surface area contributed by atoms with E-state index in [0.717, 1.165) is 59.3 Å². The van der Waals surface area contributed by atoms with E-state index in [9.17, 15) is 4.79 Å². The minimum absolute atomic E-state index is 0.0963. The molecule has 0 unspecified atom stereocenters. The van der Waals surface area contributed by atoms with Crippen molar-refractivity contribution in [1.29, 1.82) is 0 Å². The summed E-state index contributed by atoms with van der Waals surface area (Å²) in [5, 5.41) is 11.3. The second kappa shape index (κ2) is 8.45. The number of nitrogens with one attached hydrogen (secondary N) is 2. The number of fused-ring (bicyclic) bond motifs is 1. The van der Waals surface area contributed by atoms with E-state index >= 15 is 0 Å². The summed E-state index contributed by atoms with van der Waals surface area (Å²) >= 11 is 0. The van der Waals surface area contributed by atoms with Crippen LogP contribution in [-0.2, 0) is 0 Å². The van der Waals surface area contributed by atoms with Crippen molar-refractivity contribution in [3.63, 3.8) is 0 Å². The van der Waals surface area contributed by atoms with Crippen LogP contribution in [0.25, 0.3) is 5.69 Å². The van der Waals surface area contributed by atoms with Crippen LogP contribution in [0.3, 0.4) is 0 Å². The number of likely N-dealkylation sites (tertiary alicyclic amines) is 1. The smallest absolute Gasteiger partial charge is 0.322 e. The quantitative estimate of drug-likeness (QED) is 0.640. The van der Waals surface area contributed by atoms with Gasteiger partial charge in [-0.2, -0.15) is 5.10 Å². The molecule has 5 rings (SSSR count). The highest BCUT2D eigenvalue weighted by Gasteiger charge is 2.26. The Hall–Kier alpha value is -3.68. The molecular weight excluding hydrogens is 406 g/mol. The number of nitrogens with zero attached hydrogens (tertiary/aromatic N) is 3. The van der Waals surface area contributed by atoms with E-state index in [1.54, 1.807) is 0 Å². The monoisotopic (exact) mass is 433 g/mol. The number of para-hydroxylation sites is 1. The van der Waals surface area contributed by atoms with Gasteiger partial charge < -0.3 is 25.0 Å². The second-order valence-corrected chi connectivity index (χ2v) is 8.22. The molecule has 2 amide bonds. The molecule has 166 valence electrons. The number of carbonyl (C=O) groups excluding carboxylic acids is 1. The Kier molecular flexibility index (Phi) is 5.34. The standard InChI is InChI=1S/C24H27N5O3/c1-16-23(17(2)29(27-16)20-8-4-3-5-9-20)26-24(30)28-12-6-7-19(14-28)25-18-10-11-21-22(13-18)32-15-31-21/h3-5,8-11,13,19,25H,6-7,12,14-15H2,1-2H3,(H,26,30)/t19-/m0/s1. The van der Waals surface area contributed by atoms with E-state index in [1.165, 1.54) is 0 Å². The number of anilines is 2. The Morgan fingerprint density at radius 2 is 1.91 bits per heavy atom. The number of hydrogen-bond acceptors (Lipinski definition) is 5. The molecule has 3 heterocycles. The highest BCUT2D eigenvalue weighted by molar-refractivity contribution is 5.90. The number of urea groups is 1. The molecule has 0 aliphatic carbocycles. The van der Waals surface area contributed by atoms with Crippen LogP contribution in [-0.4, -0.2) is 46.6 Å². The number of rotatable bonds is 4. The number of aryl methyl sites for hydroxylation is 1. The van der Waals surface area contributed by atoms with Crippen LogP contribution in [0.2, 0.25) is 0 Å². The molecule has 1 atom stereocenters. The molecule has 2 aliphatic rings. The topological polar surface area (TPSA) is 80.7 Å². The summed E-state index contributed by atoms with van der Waals surface area (Å²) < 4.78 is 12.7. The van der Waals surface area contributed by atoms with Gasteiger partial charge in [-0.3, -0.25) is 0 Å². The SMILES string of the molecule is Cc1nn(-c2ccccc2)c(C)c1NC(=O)N1CCC[C@H](Nc2ccc3c(c2)OCO3)C1. The van der Waals surface area contributed by atoms with Gasteiger partial charge in [0.2, 0.25) is 6.79 Å². The molecule has 0 bridgehead atoms. The van der Waals surface area contributed by atoms with Crippen LogP contribution >= 0.6 is 0 Å². The van der Waals surface area contributed by atoms with Crippen LogP contribution in [0, 0.1) is 13.8 Å². The van der Waals surface area contributed by atoms with Gasteiger partial charge in [0, 0.05) is 30.9 Å². The van der Waals surface area contributed by atoms with Crippen LogP contribution in [0.1, 0.15) is 24.2 Å². The van der Waals surface area contributed by atoms with Crippen molar-refractivity contribution < 1.29 is 14.3 Å². The lowest BCUT2D eigenvalue weighted by molar-refractivity contribution is 0.174. The molecule has 1 saturated heterocycles.